The van der Waals surface area contributed by atoms with Crippen LogP contribution in [0.2, 0.25) is 0 Å². The van der Waals surface area contributed by atoms with Gasteiger partial charge >= 0.3 is 5.97 Å². The third-order valence-corrected chi connectivity index (χ3v) is 6.43. The van der Waals surface area contributed by atoms with Crippen LogP contribution in [0.5, 0.6) is 0 Å². The van der Waals surface area contributed by atoms with Gasteiger partial charge in [-0.1, -0.05) is 0 Å². The second kappa shape index (κ2) is 1.17. The lowest BCUT2D eigenvalue weighted by Gasteiger charge is -3.09. The van der Waals surface area contributed by atoms with Crippen molar-refractivity contribution in [2.45, 2.75) is 0 Å². The van der Waals surface area contributed by atoms with Crippen LogP contribution in [0.3, 0.4) is 0 Å². The zero-order chi connectivity index (χ0) is 9.62. The van der Waals surface area contributed by atoms with Crippen molar-refractivity contribution in [1.82, 2.24) is 0 Å². The number of carboxylic acid groups (broad SMARTS) is 1. The number of nitrogens with two attached hydrogens (primary N) is 1. The summed E-state index contributed by atoms with van der Waals surface area (Å²) in [6, 6.07) is 0. The van der Waals surface area contributed by atoms with Crippen molar-refractivity contribution < 1.29 is 14.7 Å². The van der Waals surface area contributed by atoms with E-state index in [-0.39, 0.29) is 16.7 Å². The lowest BCUT2D eigenvalue weighted by atomic mass is 8.92. The molecule has 3 N–H and O–H groups in total. The minimum Gasteiger partial charge on any atom is -0.481 e. The highest BCUT2D eigenvalue weighted by Crippen LogP contribution is 3.10. The van der Waals surface area contributed by atoms with Gasteiger partial charge in [-0.3, -0.25) is 9.59 Å². The van der Waals surface area contributed by atoms with Gasteiger partial charge in [0, 0.05) is 0 Å². The van der Waals surface area contributed by atoms with Crippen molar-refractivity contribution >= 4 is 11.9 Å². The van der Waals surface area contributed by atoms with Crippen molar-refractivity contribution in [2.75, 3.05) is 0 Å². The van der Waals surface area contributed by atoms with Crippen LogP contribution < -0.4 is 5.73 Å². The van der Waals surface area contributed by atoms with Gasteiger partial charge in [0.15, 0.2) is 0 Å². The van der Waals surface area contributed by atoms with Crippen LogP contribution in [0, 0.1) is 46.3 Å². The van der Waals surface area contributed by atoms with Crippen LogP contribution in [0.1, 0.15) is 0 Å². The Balaban J connectivity index is 1.66. The first-order valence-corrected chi connectivity index (χ1v) is 5.15. The molecule has 6 saturated carbocycles. The fourth-order valence-corrected chi connectivity index (χ4v) is 6.45. The molecule has 0 radical (unpaired) electrons. The number of primary amides is 1. The third-order valence-electron chi connectivity index (χ3n) is 6.43. The Bertz CT molecular complexity index is 359. The molecule has 0 atom stereocenters. The Morgan fingerprint density at radius 2 is 1.29 bits per heavy atom. The molecule has 6 aliphatic rings. The highest BCUT2D eigenvalue weighted by molar-refractivity contribution is 5.97. The number of carbonyl (C=O) groups excluding carboxylic acids is 1. The van der Waals surface area contributed by atoms with Crippen molar-refractivity contribution in [3.63, 3.8) is 0 Å². The summed E-state index contributed by atoms with van der Waals surface area (Å²) in [5.74, 6) is 1.33. The van der Waals surface area contributed by atoms with Gasteiger partial charge in [0.25, 0.3) is 0 Å². The summed E-state index contributed by atoms with van der Waals surface area (Å²) >= 11 is 0. The highest BCUT2D eigenvalue weighted by atomic mass is 16.4. The molecule has 6 fully saturated rings. The number of carboxylic acids is 1. The normalized spacial score (nSPS) is 76.9. The Morgan fingerprint density at radius 3 is 1.57 bits per heavy atom. The molecule has 0 heterocycles. The number of aliphatic carboxylic acids is 1. The van der Waals surface area contributed by atoms with E-state index in [9.17, 15) is 14.7 Å². The monoisotopic (exact) mass is 191 g/mol. The maximum absolute atomic E-state index is 11.3. The molecular formula is C10H9NO3. The van der Waals surface area contributed by atoms with E-state index in [1.54, 1.807) is 0 Å². The van der Waals surface area contributed by atoms with Gasteiger partial charge in [0.2, 0.25) is 5.91 Å². The van der Waals surface area contributed by atoms with Crippen LogP contribution in [0.15, 0.2) is 0 Å². The van der Waals surface area contributed by atoms with Crippen LogP contribution in [0.25, 0.3) is 0 Å². The molecule has 4 nitrogen and oxygen atoms in total. The highest BCUT2D eigenvalue weighted by Gasteiger charge is 3.13. The van der Waals surface area contributed by atoms with E-state index in [1.807, 2.05) is 0 Å². The minimum absolute atomic E-state index is 0.153. The molecule has 0 saturated heterocycles. The average molecular weight is 191 g/mol. The predicted octanol–water partition coefficient (Wildman–Crippen LogP) is -0.706. The molecule has 4 heteroatoms. The van der Waals surface area contributed by atoms with Gasteiger partial charge in [0.1, 0.15) is 0 Å². The molecule has 0 bridgehead atoms. The van der Waals surface area contributed by atoms with E-state index in [1.165, 1.54) is 0 Å². The van der Waals surface area contributed by atoms with E-state index in [0.717, 1.165) is 0 Å². The van der Waals surface area contributed by atoms with Crippen LogP contribution in [-0.2, 0) is 9.59 Å². The molecule has 6 aliphatic carbocycles. The largest absolute Gasteiger partial charge is 0.481 e. The summed E-state index contributed by atoms with van der Waals surface area (Å²) in [5, 5.41) is 9.17. The standard InChI is InChI=1S/C10H9NO3/c11-7(12)9-1-4-2(9)6-3(9)5(1)10(4,6)8(13)14/h1-6H,(H2,11,12)(H,13,14). The summed E-state index contributed by atoms with van der Waals surface area (Å²) in [7, 11) is 0. The molecule has 0 aromatic heterocycles. The summed E-state index contributed by atoms with van der Waals surface area (Å²) in [6.07, 6.45) is 0. The summed E-state index contributed by atoms with van der Waals surface area (Å²) in [5.41, 5.74) is 4.86. The number of hydrogen-bond acceptors (Lipinski definition) is 2. The fraction of sp³-hybridized carbons (Fsp3) is 0.800. The molecule has 72 valence electrons. The molecule has 6 rings (SSSR count). The van der Waals surface area contributed by atoms with Crippen molar-refractivity contribution in [1.29, 1.82) is 0 Å². The SMILES string of the molecule is NC(=O)C12C3C4C1C1C2C3C41C(=O)O. The fourth-order valence-electron chi connectivity index (χ4n) is 6.45. The van der Waals surface area contributed by atoms with Crippen molar-refractivity contribution in [2.24, 2.45) is 52.1 Å². The quantitative estimate of drug-likeness (QED) is 0.605. The Kier molecular flexibility index (Phi) is 0.538. The van der Waals surface area contributed by atoms with Gasteiger partial charge in [0.05, 0.1) is 10.8 Å². The Hall–Kier alpha value is -1.06. The lowest BCUT2D eigenvalue weighted by molar-refractivity contribution is -0.626. The number of hydrogen-bond donors (Lipinski definition) is 2. The van der Waals surface area contributed by atoms with Gasteiger partial charge in [-0.25, -0.2) is 0 Å². The molecule has 0 aliphatic heterocycles. The van der Waals surface area contributed by atoms with Crippen LogP contribution >= 0.6 is 0 Å². The smallest absolute Gasteiger partial charge is 0.310 e. The lowest BCUT2D eigenvalue weighted by Crippen LogP contribution is -3.12. The first-order chi connectivity index (χ1) is 6.62. The number of carbonyl (C=O) groups is 2. The maximum Gasteiger partial charge on any atom is 0.310 e. The zero-order valence-corrected chi connectivity index (χ0v) is 7.31. The molecule has 0 aromatic rings. The van der Waals surface area contributed by atoms with Crippen LogP contribution in [0.4, 0.5) is 0 Å². The average Bonchev–Trinajstić information content (AvgIpc) is 2.16. The topological polar surface area (TPSA) is 80.4 Å². The predicted molar refractivity (Wildman–Crippen MR) is 42.6 cm³/mol. The Morgan fingerprint density at radius 1 is 0.929 bits per heavy atom. The maximum atomic E-state index is 11.3. The van der Waals surface area contributed by atoms with E-state index in [0.29, 0.717) is 35.5 Å². The summed E-state index contributed by atoms with van der Waals surface area (Å²) in [4.78, 5) is 22.5. The number of amides is 1. The Labute approximate surface area is 79.5 Å². The first-order valence-electron chi connectivity index (χ1n) is 5.15. The zero-order valence-electron chi connectivity index (χ0n) is 7.31. The van der Waals surface area contributed by atoms with E-state index in [2.05, 4.69) is 0 Å². The minimum atomic E-state index is -0.612. The van der Waals surface area contributed by atoms with E-state index < -0.39 is 5.97 Å². The van der Waals surface area contributed by atoms with Gasteiger partial charge in [-0.2, -0.15) is 0 Å². The van der Waals surface area contributed by atoms with Crippen LogP contribution in [-0.4, -0.2) is 17.0 Å². The summed E-state index contributed by atoms with van der Waals surface area (Å²) < 4.78 is 0. The molecule has 0 aromatic carbocycles. The second-order valence-electron chi connectivity index (χ2n) is 5.69. The van der Waals surface area contributed by atoms with Crippen molar-refractivity contribution in [3.8, 4) is 0 Å². The van der Waals surface area contributed by atoms with Gasteiger partial charge in [-0.05, 0) is 35.5 Å². The van der Waals surface area contributed by atoms with E-state index >= 15 is 0 Å². The molecule has 0 unspecified atom stereocenters. The van der Waals surface area contributed by atoms with Gasteiger partial charge in [-0.15, -0.1) is 0 Å². The second-order valence-corrected chi connectivity index (χ2v) is 5.69. The van der Waals surface area contributed by atoms with Gasteiger partial charge < -0.3 is 10.8 Å². The first kappa shape index (κ1) is 6.43. The van der Waals surface area contributed by atoms with Crippen molar-refractivity contribution in [3.05, 3.63) is 0 Å². The molecule has 14 heavy (non-hydrogen) atoms. The summed E-state index contributed by atoms with van der Waals surface area (Å²) in [6.45, 7) is 0. The third kappa shape index (κ3) is 0.215. The molecule has 0 spiro atoms. The molecular weight excluding hydrogens is 182 g/mol. The van der Waals surface area contributed by atoms with E-state index in [4.69, 9.17) is 5.73 Å². The molecule has 1 amide bonds. The number of rotatable bonds is 2.